The summed E-state index contributed by atoms with van der Waals surface area (Å²) in [6, 6.07) is 3.96. The fourth-order valence-corrected chi connectivity index (χ4v) is 2.82. The summed E-state index contributed by atoms with van der Waals surface area (Å²) in [6.45, 7) is 4.35. The number of primary amides is 1. The van der Waals surface area contributed by atoms with E-state index in [1.165, 1.54) is 25.0 Å². The number of nitrogens with two attached hydrogens (primary N) is 1. The molecular weight excluding hydrogens is 306 g/mol. The quantitative estimate of drug-likeness (QED) is 0.737. The molecule has 2 aromatic heterocycles. The molecule has 2 aromatic rings. The van der Waals surface area contributed by atoms with Gasteiger partial charge in [0.25, 0.3) is 0 Å². The number of aromatic nitrogens is 4. The van der Waals surface area contributed by atoms with Gasteiger partial charge in [0.05, 0.1) is 0 Å². The topological polar surface area (TPSA) is 113 Å². The molecule has 8 heteroatoms. The number of hydrogen-bond acceptors (Lipinski definition) is 6. The van der Waals surface area contributed by atoms with Crippen LogP contribution in [0.3, 0.4) is 0 Å². The predicted octanol–water partition coefficient (Wildman–Crippen LogP) is 1.77. The molecule has 3 heterocycles. The first kappa shape index (κ1) is 16.2. The second kappa shape index (κ2) is 7.29. The van der Waals surface area contributed by atoms with Crippen molar-refractivity contribution in [2.45, 2.75) is 32.1 Å². The van der Waals surface area contributed by atoms with E-state index in [0.717, 1.165) is 36.6 Å². The molecule has 8 nitrogen and oxygen atoms in total. The van der Waals surface area contributed by atoms with Gasteiger partial charge in [-0.3, -0.25) is 9.89 Å². The maximum atomic E-state index is 8.58. The van der Waals surface area contributed by atoms with Crippen LogP contribution in [0.15, 0.2) is 18.3 Å². The Hall–Kier alpha value is -2.64. The fourth-order valence-electron chi connectivity index (χ4n) is 2.82. The zero-order valence-electron chi connectivity index (χ0n) is 13.8. The van der Waals surface area contributed by atoms with E-state index in [0.29, 0.717) is 5.92 Å². The molecule has 1 atom stereocenters. The van der Waals surface area contributed by atoms with Crippen LogP contribution in [0.25, 0.3) is 0 Å². The third kappa shape index (κ3) is 4.01. The number of hydrogen-bond donors (Lipinski definition) is 3. The van der Waals surface area contributed by atoms with Gasteiger partial charge in [-0.25, -0.2) is 4.98 Å². The van der Waals surface area contributed by atoms with E-state index in [-0.39, 0.29) is 6.41 Å². The average molecular weight is 329 g/mol. The first-order valence-corrected chi connectivity index (χ1v) is 8.25. The third-order valence-corrected chi connectivity index (χ3v) is 4.22. The lowest BCUT2D eigenvalue weighted by molar-refractivity contribution is -0.106. The van der Waals surface area contributed by atoms with Crippen molar-refractivity contribution in [3.8, 4) is 0 Å². The Labute approximate surface area is 140 Å². The highest BCUT2D eigenvalue weighted by Crippen LogP contribution is 2.39. The van der Waals surface area contributed by atoms with E-state index in [1.807, 2.05) is 12.3 Å². The maximum absolute atomic E-state index is 8.58. The summed E-state index contributed by atoms with van der Waals surface area (Å²) in [5, 5.41) is 10.7. The third-order valence-electron chi connectivity index (χ3n) is 4.22. The fraction of sp³-hybridized carbons (Fsp3) is 0.500. The molecule has 1 aliphatic carbocycles. The number of nitrogens with one attached hydrogen (secondary N) is 2. The monoisotopic (exact) mass is 329 g/mol. The normalized spacial score (nSPS) is 19.5. The highest BCUT2D eigenvalue weighted by molar-refractivity contribution is 5.53. The molecule has 0 bridgehead atoms. The molecule has 0 aromatic carbocycles. The zero-order chi connectivity index (χ0) is 16.9. The summed E-state index contributed by atoms with van der Waals surface area (Å²) >= 11 is 0. The van der Waals surface area contributed by atoms with Gasteiger partial charge >= 0.3 is 0 Å². The van der Waals surface area contributed by atoms with Crippen LogP contribution < -0.4 is 16.0 Å². The van der Waals surface area contributed by atoms with E-state index >= 15 is 0 Å². The van der Waals surface area contributed by atoms with Crippen molar-refractivity contribution in [3.05, 3.63) is 24.0 Å². The standard InChI is InChI=1S/C15H20N6.CH3NO/c1-10-5-7-21(9-10)15-16-6-4-13(18-15)17-14-8-12(19-20-14)11-2-3-11;2-1-3/h4,6,8,10-11H,2-3,5,7,9H2,1H3,(H2,16,17,18,19,20);1H,(H2,2,3). The van der Waals surface area contributed by atoms with Gasteiger partial charge in [-0.2, -0.15) is 10.1 Å². The highest BCUT2D eigenvalue weighted by atomic mass is 16.1. The summed E-state index contributed by atoms with van der Waals surface area (Å²) in [5.41, 5.74) is 5.39. The van der Waals surface area contributed by atoms with Crippen LogP contribution >= 0.6 is 0 Å². The molecular formula is C16H23N7O. The lowest BCUT2D eigenvalue weighted by Crippen LogP contribution is -2.21. The van der Waals surface area contributed by atoms with Gasteiger partial charge in [0, 0.05) is 37.0 Å². The molecule has 1 saturated carbocycles. The van der Waals surface area contributed by atoms with E-state index < -0.39 is 0 Å². The summed E-state index contributed by atoms with van der Waals surface area (Å²) in [6.07, 6.45) is 5.81. The lowest BCUT2D eigenvalue weighted by Gasteiger charge is -2.16. The molecule has 0 radical (unpaired) electrons. The van der Waals surface area contributed by atoms with Crippen LogP contribution in [-0.4, -0.2) is 39.7 Å². The van der Waals surface area contributed by atoms with Crippen molar-refractivity contribution in [1.82, 2.24) is 20.2 Å². The molecule has 128 valence electrons. The van der Waals surface area contributed by atoms with Crippen molar-refractivity contribution >= 4 is 24.0 Å². The van der Waals surface area contributed by atoms with Crippen molar-refractivity contribution in [2.75, 3.05) is 23.3 Å². The Morgan fingerprint density at radius 1 is 1.38 bits per heavy atom. The Kier molecular flexibility index (Phi) is 4.93. The van der Waals surface area contributed by atoms with Crippen LogP contribution in [0.1, 0.15) is 37.8 Å². The molecule has 2 aliphatic rings. The first-order valence-electron chi connectivity index (χ1n) is 8.25. The number of nitrogens with zero attached hydrogens (tertiary/aromatic N) is 4. The SMILES string of the molecule is CC1CCN(c2nccc(Nc3cc(C4CC4)[nH]n3)n2)C1.NC=O. The number of carbonyl (C=O) groups is 1. The van der Waals surface area contributed by atoms with Crippen molar-refractivity contribution in [2.24, 2.45) is 11.7 Å². The smallest absolute Gasteiger partial charge is 0.227 e. The molecule has 1 aliphatic heterocycles. The zero-order valence-corrected chi connectivity index (χ0v) is 13.8. The number of rotatable bonds is 4. The van der Waals surface area contributed by atoms with Crippen LogP contribution in [0.5, 0.6) is 0 Å². The number of amides is 1. The minimum absolute atomic E-state index is 0.250. The van der Waals surface area contributed by atoms with Crippen LogP contribution in [0, 0.1) is 5.92 Å². The van der Waals surface area contributed by atoms with Gasteiger partial charge < -0.3 is 16.0 Å². The average Bonchev–Trinajstić information content (AvgIpc) is 3.17. The van der Waals surface area contributed by atoms with E-state index in [4.69, 9.17) is 4.79 Å². The van der Waals surface area contributed by atoms with Crippen LogP contribution in [0.4, 0.5) is 17.6 Å². The number of H-pyrrole nitrogens is 1. The highest BCUT2D eigenvalue weighted by Gasteiger charge is 2.25. The molecule has 4 N–H and O–H groups in total. The van der Waals surface area contributed by atoms with Gasteiger partial charge in [-0.05, 0) is 31.2 Å². The predicted molar refractivity (Wildman–Crippen MR) is 92.1 cm³/mol. The van der Waals surface area contributed by atoms with Gasteiger partial charge in [-0.1, -0.05) is 6.92 Å². The van der Waals surface area contributed by atoms with E-state index in [2.05, 4.69) is 49.1 Å². The number of carbonyl (C=O) groups excluding carboxylic acids is 1. The van der Waals surface area contributed by atoms with Gasteiger partial charge in [-0.15, -0.1) is 0 Å². The number of aromatic amines is 1. The molecule has 1 amide bonds. The lowest BCUT2D eigenvalue weighted by atomic mass is 10.2. The van der Waals surface area contributed by atoms with E-state index in [1.54, 1.807) is 0 Å². The molecule has 2 fully saturated rings. The minimum Gasteiger partial charge on any atom is -0.372 e. The maximum Gasteiger partial charge on any atom is 0.227 e. The van der Waals surface area contributed by atoms with Crippen molar-refractivity contribution in [1.29, 1.82) is 0 Å². The minimum atomic E-state index is 0.250. The molecule has 1 unspecified atom stereocenters. The summed E-state index contributed by atoms with van der Waals surface area (Å²) in [5.74, 6) is 3.84. The van der Waals surface area contributed by atoms with E-state index in [9.17, 15) is 0 Å². The summed E-state index contributed by atoms with van der Waals surface area (Å²) < 4.78 is 0. The largest absolute Gasteiger partial charge is 0.372 e. The Morgan fingerprint density at radius 3 is 2.83 bits per heavy atom. The Morgan fingerprint density at radius 2 is 2.17 bits per heavy atom. The van der Waals surface area contributed by atoms with Crippen molar-refractivity contribution < 1.29 is 4.79 Å². The molecule has 24 heavy (non-hydrogen) atoms. The van der Waals surface area contributed by atoms with Crippen LogP contribution in [-0.2, 0) is 4.79 Å². The van der Waals surface area contributed by atoms with Gasteiger partial charge in [0.1, 0.15) is 5.82 Å². The molecule has 4 rings (SSSR count). The second-order valence-electron chi connectivity index (χ2n) is 6.33. The van der Waals surface area contributed by atoms with Crippen LogP contribution in [0.2, 0.25) is 0 Å². The number of anilines is 3. The van der Waals surface area contributed by atoms with Gasteiger partial charge in [0.2, 0.25) is 12.4 Å². The first-order chi connectivity index (χ1) is 11.7. The van der Waals surface area contributed by atoms with Crippen molar-refractivity contribution in [3.63, 3.8) is 0 Å². The second-order valence-corrected chi connectivity index (χ2v) is 6.33. The Bertz CT molecular complexity index is 683. The molecule has 1 saturated heterocycles. The Balaban J connectivity index is 0.000000526. The summed E-state index contributed by atoms with van der Waals surface area (Å²) in [4.78, 5) is 19.8. The summed E-state index contributed by atoms with van der Waals surface area (Å²) in [7, 11) is 0. The molecule has 0 spiro atoms. The van der Waals surface area contributed by atoms with Gasteiger partial charge in [0.15, 0.2) is 5.82 Å².